The fourth-order valence-electron chi connectivity index (χ4n) is 8.11. The molecule has 1 atom stereocenters. The molecule has 0 radical (unpaired) electrons. The Morgan fingerprint density at radius 2 is 1.49 bits per heavy atom. The Labute approximate surface area is 265 Å². The second-order valence-corrected chi connectivity index (χ2v) is 12.4. The van der Waals surface area contributed by atoms with Gasteiger partial charge in [-0.3, -0.25) is 0 Å². The average molecular weight is 589 g/mol. The third kappa shape index (κ3) is 4.01. The lowest BCUT2D eigenvalue weighted by Crippen LogP contribution is -2.37. The van der Waals surface area contributed by atoms with Gasteiger partial charge in [0, 0.05) is 46.3 Å². The number of rotatable bonds is 5. The number of hydrogen-bond acceptors (Lipinski definition) is 3. The molecule has 0 aromatic heterocycles. The molecular formula is C41H36N2O2. The fraction of sp³-hybridized carbons (Fsp3) is 0.244. The van der Waals surface area contributed by atoms with Crippen molar-refractivity contribution in [3.63, 3.8) is 0 Å². The summed E-state index contributed by atoms with van der Waals surface area (Å²) in [5.41, 5.74) is 9.38. The van der Waals surface area contributed by atoms with E-state index in [1.165, 1.54) is 33.3 Å². The second-order valence-electron chi connectivity index (χ2n) is 12.4. The van der Waals surface area contributed by atoms with Gasteiger partial charge < -0.3 is 14.4 Å². The predicted molar refractivity (Wildman–Crippen MR) is 183 cm³/mol. The molecule has 45 heavy (non-hydrogen) atoms. The van der Waals surface area contributed by atoms with E-state index in [2.05, 4.69) is 127 Å². The van der Waals surface area contributed by atoms with Crippen LogP contribution in [0.25, 0.3) is 32.8 Å². The molecule has 8 rings (SSSR count). The van der Waals surface area contributed by atoms with Crippen LogP contribution in [0.2, 0.25) is 0 Å². The van der Waals surface area contributed by atoms with E-state index in [1.807, 2.05) is 6.07 Å². The number of hydrogen-bond donors (Lipinski definition) is 0. The maximum Gasteiger partial charge on any atom is 0.187 e. The molecule has 5 aromatic rings. The maximum absolute atomic E-state index is 7.76. The van der Waals surface area contributed by atoms with E-state index in [0.29, 0.717) is 5.69 Å². The number of morpholine rings is 1. The molecule has 1 fully saturated rings. The molecule has 4 heteroatoms. The highest BCUT2D eigenvalue weighted by molar-refractivity contribution is 6.08. The maximum atomic E-state index is 7.76. The van der Waals surface area contributed by atoms with Crippen LogP contribution >= 0.6 is 0 Å². The number of benzene rings is 5. The molecule has 2 heterocycles. The van der Waals surface area contributed by atoms with Gasteiger partial charge in [0.1, 0.15) is 5.75 Å². The summed E-state index contributed by atoms with van der Waals surface area (Å²) in [6.45, 7) is 15.7. The minimum absolute atomic E-state index is 0.209. The van der Waals surface area contributed by atoms with Crippen molar-refractivity contribution in [2.45, 2.75) is 37.7 Å². The predicted octanol–water partition coefficient (Wildman–Crippen LogP) is 9.66. The van der Waals surface area contributed by atoms with Crippen LogP contribution in [0.4, 0.5) is 11.4 Å². The summed E-state index contributed by atoms with van der Waals surface area (Å²) in [5.74, 6) is 0.928. The van der Waals surface area contributed by atoms with Crippen LogP contribution in [0.15, 0.2) is 103 Å². The molecule has 0 saturated carbocycles. The van der Waals surface area contributed by atoms with Gasteiger partial charge in [-0.1, -0.05) is 105 Å². The highest BCUT2D eigenvalue weighted by Crippen LogP contribution is 2.60. The molecule has 222 valence electrons. The summed E-state index contributed by atoms with van der Waals surface area (Å²) in [6.07, 6.45) is 6.48. The van der Waals surface area contributed by atoms with Crippen molar-refractivity contribution >= 4 is 28.2 Å². The zero-order valence-electron chi connectivity index (χ0n) is 25.8. The highest BCUT2D eigenvalue weighted by Gasteiger charge is 2.46. The van der Waals surface area contributed by atoms with E-state index < -0.39 is 5.60 Å². The molecule has 4 nitrogen and oxygen atoms in total. The van der Waals surface area contributed by atoms with Crippen molar-refractivity contribution in [2.75, 3.05) is 31.2 Å². The van der Waals surface area contributed by atoms with Crippen molar-refractivity contribution in [3.8, 4) is 16.9 Å². The minimum atomic E-state index is -0.793. The van der Waals surface area contributed by atoms with Crippen LogP contribution in [0.3, 0.4) is 0 Å². The zero-order valence-corrected chi connectivity index (χ0v) is 25.8. The van der Waals surface area contributed by atoms with E-state index in [9.17, 15) is 0 Å². The van der Waals surface area contributed by atoms with Gasteiger partial charge in [-0.25, -0.2) is 4.85 Å². The van der Waals surface area contributed by atoms with Crippen LogP contribution in [-0.4, -0.2) is 26.3 Å². The standard InChI is InChI=1S/C41H36N2O2/c1-4-40(5-2)36-27-30(42-3)17-20-34(36)37-32-13-9-10-14-33(32)39-35(38(37)40)21-22-41(45-39,28-11-7-6-8-12-28)29-15-18-31(19-16-29)43-23-25-44-26-24-43/h6-22,27H,4-5,23-26H2,1-2H3. The quantitative estimate of drug-likeness (QED) is 0.191. The van der Waals surface area contributed by atoms with Crippen LogP contribution < -0.4 is 9.64 Å². The Balaban J connectivity index is 1.37. The summed E-state index contributed by atoms with van der Waals surface area (Å²) in [7, 11) is 0. The van der Waals surface area contributed by atoms with E-state index in [-0.39, 0.29) is 5.41 Å². The monoisotopic (exact) mass is 588 g/mol. The first-order valence-corrected chi connectivity index (χ1v) is 16.1. The molecule has 5 aromatic carbocycles. The van der Waals surface area contributed by atoms with Crippen molar-refractivity contribution in [2.24, 2.45) is 0 Å². The lowest BCUT2D eigenvalue weighted by molar-refractivity contribution is 0.122. The van der Waals surface area contributed by atoms with E-state index in [4.69, 9.17) is 16.0 Å². The summed E-state index contributed by atoms with van der Waals surface area (Å²) in [4.78, 5) is 6.21. The largest absolute Gasteiger partial charge is 0.472 e. The van der Waals surface area contributed by atoms with Crippen molar-refractivity contribution in [1.82, 2.24) is 0 Å². The molecule has 3 aliphatic rings. The van der Waals surface area contributed by atoms with Crippen LogP contribution in [0.5, 0.6) is 5.75 Å². The Kier molecular flexibility index (Phi) is 6.55. The SMILES string of the molecule is [C-]#[N+]c1ccc2c(c1)C(CC)(CC)c1c3c(c4ccccc4c1-2)OC(c1ccccc1)(c1ccc(N2CCOCC2)cc1)C=C3. The second kappa shape index (κ2) is 10.6. The zero-order chi connectivity index (χ0) is 30.6. The molecule has 1 saturated heterocycles. The van der Waals surface area contributed by atoms with Crippen molar-refractivity contribution < 1.29 is 9.47 Å². The molecular weight excluding hydrogens is 552 g/mol. The van der Waals surface area contributed by atoms with Crippen LogP contribution in [0.1, 0.15) is 54.5 Å². The molecule has 1 aliphatic carbocycles. The number of nitrogens with zero attached hydrogens (tertiary/aromatic N) is 2. The van der Waals surface area contributed by atoms with Crippen molar-refractivity contribution in [3.05, 3.63) is 142 Å². The Bertz CT molecular complexity index is 1990. The van der Waals surface area contributed by atoms with E-state index in [1.54, 1.807) is 0 Å². The highest BCUT2D eigenvalue weighted by atomic mass is 16.5. The molecule has 0 amide bonds. The molecule has 2 aliphatic heterocycles. The fourth-order valence-corrected chi connectivity index (χ4v) is 8.11. The van der Waals surface area contributed by atoms with Gasteiger partial charge in [0.25, 0.3) is 0 Å². The third-order valence-corrected chi connectivity index (χ3v) is 10.4. The number of ether oxygens (including phenoxy) is 2. The summed E-state index contributed by atoms with van der Waals surface area (Å²) in [5, 5.41) is 2.32. The summed E-state index contributed by atoms with van der Waals surface area (Å²) in [6, 6.07) is 34.5. The van der Waals surface area contributed by atoms with Gasteiger partial charge in [-0.15, -0.1) is 0 Å². The lowest BCUT2D eigenvalue weighted by Gasteiger charge is -2.39. The van der Waals surface area contributed by atoms with Crippen molar-refractivity contribution in [1.29, 1.82) is 0 Å². The Morgan fingerprint density at radius 3 is 2.20 bits per heavy atom. The molecule has 1 unspecified atom stereocenters. The normalized spacial score (nSPS) is 19.4. The van der Waals surface area contributed by atoms with Gasteiger partial charge >= 0.3 is 0 Å². The van der Waals surface area contributed by atoms with Crippen LogP contribution in [0, 0.1) is 6.57 Å². The number of fused-ring (bicyclic) bond motifs is 8. The van der Waals surface area contributed by atoms with E-state index >= 15 is 0 Å². The van der Waals surface area contributed by atoms with Gasteiger partial charge in [-0.05, 0) is 58.7 Å². The van der Waals surface area contributed by atoms with Gasteiger partial charge in [0.05, 0.1) is 19.8 Å². The average Bonchev–Trinajstić information content (AvgIpc) is 3.42. The third-order valence-electron chi connectivity index (χ3n) is 10.4. The van der Waals surface area contributed by atoms with E-state index in [0.717, 1.165) is 67.0 Å². The van der Waals surface area contributed by atoms with Gasteiger partial charge in [-0.2, -0.15) is 0 Å². The summed E-state index contributed by atoms with van der Waals surface area (Å²) >= 11 is 0. The lowest BCUT2D eigenvalue weighted by atomic mass is 9.71. The first kappa shape index (κ1) is 27.7. The molecule has 0 N–H and O–H groups in total. The summed E-state index contributed by atoms with van der Waals surface area (Å²) < 4.78 is 13.1. The smallest absolute Gasteiger partial charge is 0.187 e. The Hall–Kier alpha value is -4.85. The topological polar surface area (TPSA) is 26.1 Å². The molecule has 0 bridgehead atoms. The first-order chi connectivity index (χ1) is 22.1. The van der Waals surface area contributed by atoms with Crippen LogP contribution in [-0.2, 0) is 15.8 Å². The minimum Gasteiger partial charge on any atom is -0.472 e. The first-order valence-electron chi connectivity index (χ1n) is 16.1. The number of anilines is 1. The molecule has 0 spiro atoms. The van der Waals surface area contributed by atoms with Gasteiger partial charge in [0.15, 0.2) is 11.3 Å². The van der Waals surface area contributed by atoms with Gasteiger partial charge in [0.2, 0.25) is 0 Å². The Morgan fingerprint density at radius 1 is 0.800 bits per heavy atom.